The fraction of sp³-hybridized carbons (Fsp3) is 0.917. The second kappa shape index (κ2) is 5.50. The lowest BCUT2D eigenvalue weighted by atomic mass is 10.0. The van der Waals surface area contributed by atoms with Crippen molar-refractivity contribution in [3.05, 3.63) is 0 Å². The molecule has 1 heterocycles. The highest BCUT2D eigenvalue weighted by Crippen LogP contribution is 2.25. The number of carbonyl (C=O) groups is 1. The van der Waals surface area contributed by atoms with Gasteiger partial charge in [0.1, 0.15) is 0 Å². The third-order valence-electron chi connectivity index (χ3n) is 3.55. The lowest BCUT2D eigenvalue weighted by Crippen LogP contribution is -2.44. The van der Waals surface area contributed by atoms with Crippen LogP contribution in [0.4, 0.5) is 0 Å². The largest absolute Gasteiger partial charge is 0.338 e. The van der Waals surface area contributed by atoms with E-state index in [0.29, 0.717) is 18.4 Å². The first kappa shape index (κ1) is 12.5. The summed E-state index contributed by atoms with van der Waals surface area (Å²) in [6.07, 6.45) is 3.16. The SMILES string of the molecule is CCCC(C)C(=O)N1CCC(C)C1CN. The number of likely N-dealkylation sites (tertiary alicyclic amines) is 1. The van der Waals surface area contributed by atoms with E-state index >= 15 is 0 Å². The molecule has 0 aromatic heterocycles. The summed E-state index contributed by atoms with van der Waals surface area (Å²) < 4.78 is 0. The maximum atomic E-state index is 12.1. The zero-order chi connectivity index (χ0) is 11.4. The first-order valence-electron chi connectivity index (χ1n) is 6.12. The molecule has 0 aliphatic carbocycles. The Bertz CT molecular complexity index is 218. The lowest BCUT2D eigenvalue weighted by molar-refractivity contribution is -0.136. The van der Waals surface area contributed by atoms with E-state index in [4.69, 9.17) is 5.73 Å². The van der Waals surface area contributed by atoms with Crippen LogP contribution in [-0.2, 0) is 4.79 Å². The van der Waals surface area contributed by atoms with Crippen molar-refractivity contribution in [1.29, 1.82) is 0 Å². The average molecular weight is 212 g/mol. The number of amides is 1. The molecular formula is C12H24N2O. The monoisotopic (exact) mass is 212 g/mol. The van der Waals surface area contributed by atoms with Crippen LogP contribution in [0, 0.1) is 11.8 Å². The molecule has 3 nitrogen and oxygen atoms in total. The number of nitrogens with two attached hydrogens (primary N) is 1. The minimum Gasteiger partial charge on any atom is -0.338 e. The Kier molecular flexibility index (Phi) is 4.58. The maximum absolute atomic E-state index is 12.1. The van der Waals surface area contributed by atoms with Crippen LogP contribution < -0.4 is 5.73 Å². The quantitative estimate of drug-likeness (QED) is 0.769. The minimum atomic E-state index is 0.161. The van der Waals surface area contributed by atoms with Crippen molar-refractivity contribution in [2.75, 3.05) is 13.1 Å². The van der Waals surface area contributed by atoms with E-state index in [1.54, 1.807) is 0 Å². The predicted octanol–water partition coefficient (Wildman–Crippen LogP) is 1.62. The first-order chi connectivity index (χ1) is 7.11. The van der Waals surface area contributed by atoms with Crippen molar-refractivity contribution in [3.63, 3.8) is 0 Å². The summed E-state index contributed by atoms with van der Waals surface area (Å²) in [5.74, 6) is 1.03. The Balaban J connectivity index is 2.59. The Hall–Kier alpha value is -0.570. The molecule has 0 aromatic rings. The number of nitrogens with zero attached hydrogens (tertiary/aromatic N) is 1. The van der Waals surface area contributed by atoms with Crippen molar-refractivity contribution >= 4 is 5.91 Å². The molecule has 1 aliphatic rings. The molecule has 1 saturated heterocycles. The van der Waals surface area contributed by atoms with E-state index in [9.17, 15) is 4.79 Å². The van der Waals surface area contributed by atoms with Gasteiger partial charge < -0.3 is 10.6 Å². The molecule has 88 valence electrons. The van der Waals surface area contributed by atoms with E-state index in [1.165, 1.54) is 0 Å². The van der Waals surface area contributed by atoms with Crippen molar-refractivity contribution in [2.45, 2.75) is 46.1 Å². The van der Waals surface area contributed by atoms with E-state index in [-0.39, 0.29) is 12.0 Å². The summed E-state index contributed by atoms with van der Waals surface area (Å²) in [5, 5.41) is 0. The molecule has 3 atom stereocenters. The Morgan fingerprint density at radius 2 is 2.27 bits per heavy atom. The summed E-state index contributed by atoms with van der Waals surface area (Å²) in [5.41, 5.74) is 5.73. The molecule has 0 spiro atoms. The molecule has 3 heteroatoms. The van der Waals surface area contributed by atoms with Gasteiger partial charge in [-0.2, -0.15) is 0 Å². The van der Waals surface area contributed by atoms with Crippen LogP contribution in [0.5, 0.6) is 0 Å². The third kappa shape index (κ3) is 2.71. The van der Waals surface area contributed by atoms with Crippen LogP contribution >= 0.6 is 0 Å². The molecular weight excluding hydrogens is 188 g/mol. The molecule has 15 heavy (non-hydrogen) atoms. The Labute approximate surface area is 93.0 Å². The van der Waals surface area contributed by atoms with Crippen LogP contribution in [0.3, 0.4) is 0 Å². The van der Waals surface area contributed by atoms with Crippen molar-refractivity contribution in [1.82, 2.24) is 4.90 Å². The van der Waals surface area contributed by atoms with Crippen LogP contribution in [0.15, 0.2) is 0 Å². The van der Waals surface area contributed by atoms with Gasteiger partial charge in [0.15, 0.2) is 0 Å². The standard InChI is InChI=1S/C12H24N2O/c1-4-5-10(3)12(15)14-7-6-9(2)11(14)8-13/h9-11H,4-8,13H2,1-3H3. The topological polar surface area (TPSA) is 46.3 Å². The summed E-state index contributed by atoms with van der Waals surface area (Å²) in [6.45, 7) is 7.84. The molecule has 1 fully saturated rings. The highest BCUT2D eigenvalue weighted by molar-refractivity contribution is 5.79. The van der Waals surface area contributed by atoms with Gasteiger partial charge in [-0.25, -0.2) is 0 Å². The van der Waals surface area contributed by atoms with Crippen LogP contribution in [0.25, 0.3) is 0 Å². The summed E-state index contributed by atoms with van der Waals surface area (Å²) in [6, 6.07) is 0.275. The number of rotatable bonds is 4. The zero-order valence-electron chi connectivity index (χ0n) is 10.2. The lowest BCUT2D eigenvalue weighted by Gasteiger charge is -2.28. The van der Waals surface area contributed by atoms with Gasteiger partial charge in [0.25, 0.3) is 0 Å². The van der Waals surface area contributed by atoms with E-state index in [1.807, 2.05) is 11.8 Å². The minimum absolute atomic E-state index is 0.161. The Morgan fingerprint density at radius 3 is 2.80 bits per heavy atom. The third-order valence-corrected chi connectivity index (χ3v) is 3.55. The van der Waals surface area contributed by atoms with Gasteiger partial charge in [-0.1, -0.05) is 27.2 Å². The maximum Gasteiger partial charge on any atom is 0.225 e. The van der Waals surface area contributed by atoms with Crippen molar-refractivity contribution < 1.29 is 4.79 Å². The number of carbonyl (C=O) groups excluding carboxylic acids is 1. The number of hydrogen-bond acceptors (Lipinski definition) is 2. The summed E-state index contributed by atoms with van der Waals surface area (Å²) >= 11 is 0. The zero-order valence-corrected chi connectivity index (χ0v) is 10.2. The van der Waals surface area contributed by atoms with Gasteiger partial charge in [-0.15, -0.1) is 0 Å². The molecule has 0 bridgehead atoms. The summed E-state index contributed by atoms with van der Waals surface area (Å²) in [7, 11) is 0. The van der Waals surface area contributed by atoms with E-state index in [0.717, 1.165) is 25.8 Å². The highest BCUT2D eigenvalue weighted by atomic mass is 16.2. The normalized spacial score (nSPS) is 28.1. The summed E-state index contributed by atoms with van der Waals surface area (Å²) in [4.78, 5) is 14.1. The van der Waals surface area contributed by atoms with Gasteiger partial charge >= 0.3 is 0 Å². The van der Waals surface area contributed by atoms with Gasteiger partial charge in [-0.3, -0.25) is 4.79 Å². The van der Waals surface area contributed by atoms with E-state index in [2.05, 4.69) is 13.8 Å². The van der Waals surface area contributed by atoms with Gasteiger partial charge in [-0.05, 0) is 18.8 Å². The molecule has 0 aromatic carbocycles. The highest BCUT2D eigenvalue weighted by Gasteiger charge is 2.34. The molecule has 0 saturated carbocycles. The van der Waals surface area contributed by atoms with Gasteiger partial charge in [0.05, 0.1) is 0 Å². The number of hydrogen-bond donors (Lipinski definition) is 1. The van der Waals surface area contributed by atoms with Crippen molar-refractivity contribution in [2.24, 2.45) is 17.6 Å². The van der Waals surface area contributed by atoms with Crippen LogP contribution in [0.2, 0.25) is 0 Å². The first-order valence-corrected chi connectivity index (χ1v) is 6.12. The van der Waals surface area contributed by atoms with Crippen LogP contribution in [0.1, 0.15) is 40.0 Å². The molecule has 2 N–H and O–H groups in total. The smallest absolute Gasteiger partial charge is 0.225 e. The Morgan fingerprint density at radius 1 is 1.60 bits per heavy atom. The van der Waals surface area contributed by atoms with Crippen LogP contribution in [-0.4, -0.2) is 29.9 Å². The van der Waals surface area contributed by atoms with Gasteiger partial charge in [0.2, 0.25) is 5.91 Å². The predicted molar refractivity (Wildman–Crippen MR) is 62.4 cm³/mol. The second-order valence-corrected chi connectivity index (χ2v) is 4.79. The molecule has 1 rings (SSSR count). The fourth-order valence-corrected chi connectivity index (χ4v) is 2.48. The van der Waals surface area contributed by atoms with Crippen molar-refractivity contribution in [3.8, 4) is 0 Å². The van der Waals surface area contributed by atoms with Gasteiger partial charge in [0, 0.05) is 25.0 Å². The fourth-order valence-electron chi connectivity index (χ4n) is 2.48. The molecule has 1 aliphatic heterocycles. The van der Waals surface area contributed by atoms with E-state index < -0.39 is 0 Å². The average Bonchev–Trinajstić information content (AvgIpc) is 2.58. The molecule has 3 unspecified atom stereocenters. The molecule has 1 amide bonds. The second-order valence-electron chi connectivity index (χ2n) is 4.79. The molecule has 0 radical (unpaired) electrons.